The molecule has 0 bridgehead atoms. The maximum absolute atomic E-state index is 12.0. The lowest BCUT2D eigenvalue weighted by Crippen LogP contribution is -2.29. The highest BCUT2D eigenvalue weighted by Gasteiger charge is 2.36. The minimum atomic E-state index is -3.55. The van der Waals surface area contributed by atoms with Crippen molar-refractivity contribution < 1.29 is 23.0 Å². The molecule has 2 atom stereocenters. The van der Waals surface area contributed by atoms with Crippen molar-refractivity contribution in [2.75, 3.05) is 6.61 Å². The van der Waals surface area contributed by atoms with Crippen molar-refractivity contribution in [3.8, 4) is 0 Å². The molecule has 5 nitrogen and oxygen atoms in total. The molecule has 1 aliphatic rings. The van der Waals surface area contributed by atoms with Gasteiger partial charge in [0.2, 0.25) is 0 Å². The fraction of sp³-hybridized carbons (Fsp3) is 0.429. The molecule has 110 valence electrons. The zero-order valence-corrected chi connectivity index (χ0v) is 12.2. The largest absolute Gasteiger partial charge is 0.386 e. The van der Waals surface area contributed by atoms with Crippen molar-refractivity contribution in [3.63, 3.8) is 0 Å². The Hall–Kier alpha value is -1.21. The first-order chi connectivity index (χ1) is 9.30. The van der Waals surface area contributed by atoms with Crippen LogP contribution in [0.4, 0.5) is 0 Å². The minimum Gasteiger partial charge on any atom is -0.386 e. The number of rotatable bonds is 4. The Morgan fingerprint density at radius 2 is 2.00 bits per heavy atom. The molecule has 0 amide bonds. The predicted molar refractivity (Wildman–Crippen MR) is 73.7 cm³/mol. The second kappa shape index (κ2) is 5.65. The van der Waals surface area contributed by atoms with Gasteiger partial charge in [0.15, 0.2) is 15.6 Å². The number of benzene rings is 1. The van der Waals surface area contributed by atoms with E-state index in [1.54, 1.807) is 32.0 Å². The number of hydrogen-bond acceptors (Lipinski definition) is 5. The molecule has 1 heterocycles. The molecule has 1 aliphatic heterocycles. The van der Waals surface area contributed by atoms with Crippen LogP contribution in [0.25, 0.3) is 0 Å². The highest BCUT2D eigenvalue weighted by molar-refractivity contribution is 7.94. The molecule has 0 saturated carbocycles. The summed E-state index contributed by atoms with van der Waals surface area (Å²) in [6, 6.07) is 8.04. The standard InChI is InChI=1S/C14H18O5S/c1-14(2)18-10-13(19-14)12(15)8-9-20(16,17)11-6-4-3-5-7-11/h3-9,12-13,15H,10H2,1-2H3/b9-8+/t12-,13+/m0/s1. The molecule has 0 radical (unpaired) electrons. The number of sulfone groups is 1. The van der Waals surface area contributed by atoms with Crippen molar-refractivity contribution in [3.05, 3.63) is 41.8 Å². The number of aliphatic hydroxyl groups excluding tert-OH is 1. The lowest BCUT2D eigenvalue weighted by Gasteiger charge is -2.18. The summed E-state index contributed by atoms with van der Waals surface area (Å²) in [5.74, 6) is -0.752. The molecule has 20 heavy (non-hydrogen) atoms. The van der Waals surface area contributed by atoms with Gasteiger partial charge in [-0.1, -0.05) is 18.2 Å². The normalized spacial score (nSPS) is 24.1. The summed E-state index contributed by atoms with van der Waals surface area (Å²) in [5.41, 5.74) is 0. The van der Waals surface area contributed by atoms with Crippen LogP contribution in [-0.2, 0) is 19.3 Å². The predicted octanol–water partition coefficient (Wildman–Crippen LogP) is 1.49. The van der Waals surface area contributed by atoms with E-state index in [9.17, 15) is 13.5 Å². The molecule has 1 fully saturated rings. The number of hydrogen-bond donors (Lipinski definition) is 1. The van der Waals surface area contributed by atoms with Crippen LogP contribution in [0.1, 0.15) is 13.8 Å². The number of ether oxygens (including phenoxy) is 2. The van der Waals surface area contributed by atoms with E-state index in [0.717, 1.165) is 5.41 Å². The first-order valence-electron chi connectivity index (χ1n) is 6.28. The summed E-state index contributed by atoms with van der Waals surface area (Å²) in [7, 11) is -3.55. The molecular weight excluding hydrogens is 280 g/mol. The van der Waals surface area contributed by atoms with E-state index in [0.29, 0.717) is 0 Å². The Bertz CT molecular complexity index is 577. The van der Waals surface area contributed by atoms with Crippen LogP contribution in [0.5, 0.6) is 0 Å². The van der Waals surface area contributed by atoms with Crippen molar-refractivity contribution in [2.45, 2.75) is 36.7 Å². The molecule has 2 rings (SSSR count). The van der Waals surface area contributed by atoms with Gasteiger partial charge >= 0.3 is 0 Å². The van der Waals surface area contributed by atoms with Gasteiger partial charge in [0, 0.05) is 5.41 Å². The van der Waals surface area contributed by atoms with Crippen LogP contribution in [0.15, 0.2) is 46.7 Å². The Kier molecular flexibility index (Phi) is 4.29. The summed E-state index contributed by atoms with van der Waals surface area (Å²) in [6.07, 6.45) is -0.375. The van der Waals surface area contributed by atoms with Crippen LogP contribution in [-0.4, -0.2) is 38.1 Å². The third kappa shape index (κ3) is 3.67. The van der Waals surface area contributed by atoms with Gasteiger partial charge < -0.3 is 14.6 Å². The third-order valence-corrected chi connectivity index (χ3v) is 4.38. The van der Waals surface area contributed by atoms with E-state index in [2.05, 4.69) is 0 Å². The van der Waals surface area contributed by atoms with Crippen molar-refractivity contribution in [2.24, 2.45) is 0 Å². The molecule has 0 spiro atoms. The second-order valence-corrected chi connectivity index (χ2v) is 6.88. The topological polar surface area (TPSA) is 72.8 Å². The Morgan fingerprint density at radius 3 is 2.55 bits per heavy atom. The summed E-state index contributed by atoms with van der Waals surface area (Å²) < 4.78 is 34.8. The maximum atomic E-state index is 12.0. The van der Waals surface area contributed by atoms with E-state index >= 15 is 0 Å². The SMILES string of the molecule is CC1(C)OC[C@H]([C@@H](O)/C=C/S(=O)(=O)c2ccccc2)O1. The lowest BCUT2D eigenvalue weighted by atomic mass is 10.2. The maximum Gasteiger partial charge on any atom is 0.199 e. The Morgan fingerprint density at radius 1 is 1.35 bits per heavy atom. The highest BCUT2D eigenvalue weighted by Crippen LogP contribution is 2.24. The van der Waals surface area contributed by atoms with Crippen molar-refractivity contribution in [1.29, 1.82) is 0 Å². The van der Waals surface area contributed by atoms with E-state index in [-0.39, 0.29) is 11.5 Å². The second-order valence-electron chi connectivity index (χ2n) is 5.04. The van der Waals surface area contributed by atoms with Crippen molar-refractivity contribution >= 4 is 9.84 Å². The zero-order chi connectivity index (χ0) is 14.8. The lowest BCUT2D eigenvalue weighted by molar-refractivity contribution is -0.147. The highest BCUT2D eigenvalue weighted by atomic mass is 32.2. The van der Waals surface area contributed by atoms with Gasteiger partial charge in [-0.2, -0.15) is 0 Å². The molecule has 0 aromatic heterocycles. The summed E-state index contributed by atoms with van der Waals surface area (Å²) >= 11 is 0. The minimum absolute atomic E-state index is 0.187. The summed E-state index contributed by atoms with van der Waals surface area (Å²) in [5, 5.41) is 10.9. The van der Waals surface area contributed by atoms with Gasteiger partial charge in [0.25, 0.3) is 0 Å². The van der Waals surface area contributed by atoms with Gasteiger partial charge in [0.1, 0.15) is 12.2 Å². The Labute approximate surface area is 118 Å². The van der Waals surface area contributed by atoms with E-state index < -0.39 is 27.8 Å². The van der Waals surface area contributed by atoms with Gasteiger partial charge in [-0.15, -0.1) is 0 Å². The average molecular weight is 298 g/mol. The summed E-state index contributed by atoms with van der Waals surface area (Å²) in [4.78, 5) is 0.187. The number of aliphatic hydroxyl groups is 1. The van der Waals surface area contributed by atoms with Crippen LogP contribution in [0.2, 0.25) is 0 Å². The van der Waals surface area contributed by atoms with Gasteiger partial charge in [-0.25, -0.2) is 8.42 Å². The fourth-order valence-corrected chi connectivity index (χ4v) is 2.94. The molecule has 1 N–H and O–H groups in total. The molecule has 1 aromatic rings. The molecular formula is C14H18O5S. The monoisotopic (exact) mass is 298 g/mol. The van der Waals surface area contributed by atoms with Gasteiger partial charge in [-0.05, 0) is 32.1 Å². The Balaban J connectivity index is 2.06. The fourth-order valence-electron chi connectivity index (χ4n) is 1.88. The van der Waals surface area contributed by atoms with Crippen LogP contribution in [0, 0.1) is 0 Å². The molecule has 0 unspecified atom stereocenters. The van der Waals surface area contributed by atoms with Crippen LogP contribution in [0.3, 0.4) is 0 Å². The molecule has 0 aliphatic carbocycles. The first-order valence-corrected chi connectivity index (χ1v) is 7.83. The van der Waals surface area contributed by atoms with Crippen LogP contribution >= 0.6 is 0 Å². The molecule has 1 aromatic carbocycles. The quantitative estimate of drug-likeness (QED) is 0.911. The first kappa shape index (κ1) is 15.2. The third-order valence-electron chi connectivity index (χ3n) is 2.94. The zero-order valence-electron chi connectivity index (χ0n) is 11.4. The average Bonchev–Trinajstić information content (AvgIpc) is 2.78. The van der Waals surface area contributed by atoms with Gasteiger partial charge in [-0.3, -0.25) is 0 Å². The molecule has 1 saturated heterocycles. The van der Waals surface area contributed by atoms with E-state index in [1.165, 1.54) is 18.2 Å². The van der Waals surface area contributed by atoms with Gasteiger partial charge in [0.05, 0.1) is 11.5 Å². The van der Waals surface area contributed by atoms with E-state index in [4.69, 9.17) is 9.47 Å². The van der Waals surface area contributed by atoms with Crippen LogP contribution < -0.4 is 0 Å². The summed E-state index contributed by atoms with van der Waals surface area (Å²) in [6.45, 7) is 3.71. The molecule has 6 heteroatoms. The van der Waals surface area contributed by atoms with E-state index in [1.807, 2.05) is 0 Å². The smallest absolute Gasteiger partial charge is 0.199 e. The van der Waals surface area contributed by atoms with Crippen molar-refractivity contribution in [1.82, 2.24) is 0 Å².